The Morgan fingerprint density at radius 3 is 2.38 bits per heavy atom. The minimum absolute atomic E-state index is 0.663. The third kappa shape index (κ3) is 5.24. The van der Waals surface area contributed by atoms with E-state index in [1.807, 2.05) is 78.9 Å². The normalized spacial score (nSPS) is 10.6. The lowest BCUT2D eigenvalue weighted by molar-refractivity contribution is -0.131. The van der Waals surface area contributed by atoms with Crippen LogP contribution in [0.1, 0.15) is 11.1 Å². The number of nitrogens with one attached hydrogen (secondary N) is 1. The molecule has 0 aliphatic carbocycles. The molecule has 0 amide bonds. The summed E-state index contributed by atoms with van der Waals surface area (Å²) < 4.78 is 5.85. The zero-order chi connectivity index (χ0) is 18.2. The molecular formula is C22H19NO3. The van der Waals surface area contributed by atoms with Crippen LogP contribution >= 0.6 is 0 Å². The molecule has 0 aliphatic rings. The first-order valence-electron chi connectivity index (χ1n) is 8.26. The molecule has 0 saturated heterocycles. The quantitative estimate of drug-likeness (QED) is 0.579. The summed E-state index contributed by atoms with van der Waals surface area (Å²) in [5, 5.41) is 12.0. The van der Waals surface area contributed by atoms with Gasteiger partial charge < -0.3 is 15.2 Å². The SMILES string of the molecule is O=C(O)/C=C/c1ccc(NCc2cccc(Oc3ccccc3)c2)cc1. The molecule has 26 heavy (non-hydrogen) atoms. The van der Waals surface area contributed by atoms with Gasteiger partial charge >= 0.3 is 5.97 Å². The lowest BCUT2D eigenvalue weighted by atomic mass is 10.1. The highest BCUT2D eigenvalue weighted by Crippen LogP contribution is 2.22. The highest BCUT2D eigenvalue weighted by molar-refractivity contribution is 5.85. The minimum atomic E-state index is -0.954. The van der Waals surface area contributed by atoms with Gasteiger partial charge in [0.25, 0.3) is 0 Å². The van der Waals surface area contributed by atoms with Crippen LogP contribution < -0.4 is 10.1 Å². The standard InChI is InChI=1S/C22H19NO3/c24-22(25)14-11-17-9-12-19(13-10-17)23-16-18-5-4-8-21(15-18)26-20-6-2-1-3-7-20/h1-15,23H,16H2,(H,24,25)/b14-11+. The Bertz CT molecular complexity index is 887. The number of para-hydroxylation sites is 1. The summed E-state index contributed by atoms with van der Waals surface area (Å²) in [5.74, 6) is 0.650. The van der Waals surface area contributed by atoms with Crippen LogP contribution in [-0.4, -0.2) is 11.1 Å². The number of ether oxygens (including phenoxy) is 1. The van der Waals surface area contributed by atoms with Crippen LogP contribution in [0.2, 0.25) is 0 Å². The van der Waals surface area contributed by atoms with E-state index in [0.717, 1.165) is 34.4 Å². The molecule has 0 saturated carbocycles. The third-order valence-electron chi connectivity index (χ3n) is 3.70. The van der Waals surface area contributed by atoms with Gasteiger partial charge in [0.1, 0.15) is 11.5 Å². The highest BCUT2D eigenvalue weighted by atomic mass is 16.5. The fourth-order valence-corrected chi connectivity index (χ4v) is 2.43. The number of anilines is 1. The molecule has 0 aliphatic heterocycles. The maximum atomic E-state index is 10.5. The van der Waals surface area contributed by atoms with E-state index < -0.39 is 5.97 Å². The van der Waals surface area contributed by atoms with Crippen molar-refractivity contribution in [2.24, 2.45) is 0 Å². The average molecular weight is 345 g/mol. The van der Waals surface area contributed by atoms with Gasteiger partial charge in [0.05, 0.1) is 0 Å². The van der Waals surface area contributed by atoms with E-state index in [1.165, 1.54) is 0 Å². The van der Waals surface area contributed by atoms with Gasteiger partial charge in [-0.1, -0.05) is 42.5 Å². The monoisotopic (exact) mass is 345 g/mol. The molecule has 0 aromatic heterocycles. The molecule has 0 bridgehead atoms. The van der Waals surface area contributed by atoms with Gasteiger partial charge in [-0.2, -0.15) is 0 Å². The van der Waals surface area contributed by atoms with Crippen LogP contribution in [0.4, 0.5) is 5.69 Å². The maximum absolute atomic E-state index is 10.5. The largest absolute Gasteiger partial charge is 0.478 e. The predicted octanol–water partition coefficient (Wildman–Crippen LogP) is 5.19. The zero-order valence-electron chi connectivity index (χ0n) is 14.1. The Balaban J connectivity index is 1.59. The number of carboxylic acids is 1. The molecule has 3 aromatic carbocycles. The molecule has 0 radical (unpaired) electrons. The van der Waals surface area contributed by atoms with E-state index in [4.69, 9.17) is 9.84 Å². The molecule has 4 nitrogen and oxygen atoms in total. The minimum Gasteiger partial charge on any atom is -0.478 e. The first-order chi connectivity index (χ1) is 12.7. The smallest absolute Gasteiger partial charge is 0.328 e. The van der Waals surface area contributed by atoms with E-state index in [0.29, 0.717) is 6.54 Å². The Morgan fingerprint density at radius 2 is 1.65 bits per heavy atom. The van der Waals surface area contributed by atoms with Crippen LogP contribution in [0.15, 0.2) is 84.9 Å². The van der Waals surface area contributed by atoms with Gasteiger partial charge in [-0.15, -0.1) is 0 Å². The summed E-state index contributed by atoms with van der Waals surface area (Å²) in [5.41, 5.74) is 2.91. The number of aliphatic carboxylic acids is 1. The Hall–Kier alpha value is -3.53. The van der Waals surface area contributed by atoms with Gasteiger partial charge in [0.2, 0.25) is 0 Å². The van der Waals surface area contributed by atoms with Crippen LogP contribution in [-0.2, 0) is 11.3 Å². The van der Waals surface area contributed by atoms with Crippen molar-refractivity contribution in [3.05, 3.63) is 96.1 Å². The van der Waals surface area contributed by atoms with Crippen molar-refractivity contribution >= 4 is 17.7 Å². The molecule has 0 atom stereocenters. The average Bonchev–Trinajstić information content (AvgIpc) is 2.67. The van der Waals surface area contributed by atoms with Crippen molar-refractivity contribution in [2.75, 3.05) is 5.32 Å². The van der Waals surface area contributed by atoms with Crippen molar-refractivity contribution in [1.82, 2.24) is 0 Å². The van der Waals surface area contributed by atoms with Crippen molar-refractivity contribution in [3.8, 4) is 11.5 Å². The summed E-state index contributed by atoms with van der Waals surface area (Å²) in [6.07, 6.45) is 2.69. The second kappa shape index (κ2) is 8.53. The summed E-state index contributed by atoms with van der Waals surface area (Å²) in [6.45, 7) is 0.663. The number of benzene rings is 3. The van der Waals surface area contributed by atoms with Gasteiger partial charge in [-0.25, -0.2) is 4.79 Å². The van der Waals surface area contributed by atoms with Crippen LogP contribution in [0, 0.1) is 0 Å². The van der Waals surface area contributed by atoms with Crippen molar-refractivity contribution in [2.45, 2.75) is 6.54 Å². The number of hydrogen-bond donors (Lipinski definition) is 2. The summed E-state index contributed by atoms with van der Waals surface area (Å²) in [4.78, 5) is 10.5. The fourth-order valence-electron chi connectivity index (χ4n) is 2.43. The molecule has 0 fully saturated rings. The van der Waals surface area contributed by atoms with Gasteiger partial charge in [-0.05, 0) is 53.6 Å². The molecule has 130 valence electrons. The number of carboxylic acid groups (broad SMARTS) is 1. The van der Waals surface area contributed by atoms with Crippen molar-refractivity contribution in [3.63, 3.8) is 0 Å². The second-order valence-electron chi connectivity index (χ2n) is 5.71. The number of hydrogen-bond acceptors (Lipinski definition) is 3. The molecular weight excluding hydrogens is 326 g/mol. The lowest BCUT2D eigenvalue weighted by Gasteiger charge is -2.10. The second-order valence-corrected chi connectivity index (χ2v) is 5.71. The van der Waals surface area contributed by atoms with Crippen LogP contribution in [0.5, 0.6) is 11.5 Å². The van der Waals surface area contributed by atoms with E-state index in [-0.39, 0.29) is 0 Å². The highest BCUT2D eigenvalue weighted by Gasteiger charge is 2.00. The Morgan fingerprint density at radius 1 is 0.923 bits per heavy atom. The zero-order valence-corrected chi connectivity index (χ0v) is 14.1. The summed E-state index contributed by atoms with van der Waals surface area (Å²) >= 11 is 0. The summed E-state index contributed by atoms with van der Waals surface area (Å²) in [7, 11) is 0. The maximum Gasteiger partial charge on any atom is 0.328 e. The number of carbonyl (C=O) groups is 1. The Kier molecular flexibility index (Phi) is 5.68. The molecule has 0 unspecified atom stereocenters. The molecule has 4 heteroatoms. The van der Waals surface area contributed by atoms with Gasteiger partial charge in [-0.3, -0.25) is 0 Å². The first kappa shape index (κ1) is 17.3. The van der Waals surface area contributed by atoms with Crippen molar-refractivity contribution < 1.29 is 14.6 Å². The Labute approximate surface area is 152 Å². The van der Waals surface area contributed by atoms with Crippen LogP contribution in [0.3, 0.4) is 0 Å². The molecule has 3 rings (SSSR count). The van der Waals surface area contributed by atoms with E-state index >= 15 is 0 Å². The van der Waals surface area contributed by atoms with Gasteiger partial charge in [0, 0.05) is 18.3 Å². The first-order valence-corrected chi connectivity index (χ1v) is 8.26. The van der Waals surface area contributed by atoms with E-state index in [9.17, 15) is 4.79 Å². The molecule has 2 N–H and O–H groups in total. The van der Waals surface area contributed by atoms with Crippen LogP contribution in [0.25, 0.3) is 6.08 Å². The lowest BCUT2D eigenvalue weighted by Crippen LogP contribution is -1.99. The topological polar surface area (TPSA) is 58.6 Å². The third-order valence-corrected chi connectivity index (χ3v) is 3.70. The molecule has 0 heterocycles. The fraction of sp³-hybridized carbons (Fsp3) is 0.0455. The predicted molar refractivity (Wildman–Crippen MR) is 103 cm³/mol. The summed E-state index contributed by atoms with van der Waals surface area (Å²) in [6, 6.07) is 25.2. The van der Waals surface area contributed by atoms with E-state index in [2.05, 4.69) is 5.32 Å². The van der Waals surface area contributed by atoms with E-state index in [1.54, 1.807) is 6.08 Å². The van der Waals surface area contributed by atoms with Gasteiger partial charge in [0.15, 0.2) is 0 Å². The van der Waals surface area contributed by atoms with Crippen molar-refractivity contribution in [1.29, 1.82) is 0 Å². The number of rotatable bonds is 7. The molecule has 3 aromatic rings. The molecule has 0 spiro atoms.